The molecule has 0 radical (unpaired) electrons. The number of rotatable bonds is 4. The lowest BCUT2D eigenvalue weighted by molar-refractivity contribution is 0.0326. The number of hydrogen-bond donors (Lipinski definition) is 0. The highest BCUT2D eigenvalue weighted by atomic mass is 16.6. The Morgan fingerprint density at radius 2 is 1.88 bits per heavy atom. The fourth-order valence-corrected chi connectivity index (χ4v) is 3.42. The van der Waals surface area contributed by atoms with Crippen LogP contribution in [0, 0.1) is 0 Å². The smallest absolute Gasteiger partial charge is 0.410 e. The van der Waals surface area contributed by atoms with E-state index in [-0.39, 0.29) is 12.2 Å². The first-order chi connectivity index (χ1) is 12.0. The van der Waals surface area contributed by atoms with E-state index < -0.39 is 0 Å². The number of piperidine rings is 1. The SMILES string of the molecule is CC(C)OC(=O)N1CCC(c2nnc(CN3CCOCC3)n2C)CC1. The van der Waals surface area contributed by atoms with Gasteiger partial charge in [0.25, 0.3) is 0 Å². The number of aromatic nitrogens is 3. The maximum Gasteiger partial charge on any atom is 0.410 e. The highest BCUT2D eigenvalue weighted by molar-refractivity contribution is 5.67. The Balaban J connectivity index is 1.55. The number of nitrogens with zero attached hydrogens (tertiary/aromatic N) is 5. The Morgan fingerprint density at radius 3 is 2.52 bits per heavy atom. The van der Waals surface area contributed by atoms with Crippen LogP contribution in [0.3, 0.4) is 0 Å². The van der Waals surface area contributed by atoms with Crippen LogP contribution in [0.1, 0.15) is 44.3 Å². The van der Waals surface area contributed by atoms with Crippen LogP contribution in [-0.2, 0) is 23.1 Å². The number of hydrogen-bond acceptors (Lipinski definition) is 6. The lowest BCUT2D eigenvalue weighted by Crippen LogP contribution is -2.39. The fourth-order valence-electron chi connectivity index (χ4n) is 3.42. The zero-order valence-electron chi connectivity index (χ0n) is 15.5. The van der Waals surface area contributed by atoms with E-state index in [0.29, 0.717) is 19.0 Å². The Hall–Kier alpha value is -1.67. The zero-order valence-corrected chi connectivity index (χ0v) is 15.5. The minimum Gasteiger partial charge on any atom is -0.447 e. The van der Waals surface area contributed by atoms with E-state index in [4.69, 9.17) is 9.47 Å². The molecule has 0 bridgehead atoms. The molecule has 0 aromatic carbocycles. The van der Waals surface area contributed by atoms with Crippen LogP contribution < -0.4 is 0 Å². The molecule has 2 aliphatic heterocycles. The van der Waals surface area contributed by atoms with Crippen molar-refractivity contribution < 1.29 is 14.3 Å². The largest absolute Gasteiger partial charge is 0.447 e. The molecule has 1 amide bonds. The number of carbonyl (C=O) groups excluding carboxylic acids is 1. The van der Waals surface area contributed by atoms with Gasteiger partial charge in [0.1, 0.15) is 11.6 Å². The zero-order chi connectivity index (χ0) is 17.8. The van der Waals surface area contributed by atoms with Crippen LogP contribution in [0.15, 0.2) is 0 Å². The number of carbonyl (C=O) groups is 1. The third-order valence-corrected chi connectivity index (χ3v) is 4.92. The summed E-state index contributed by atoms with van der Waals surface area (Å²) in [5, 5.41) is 8.85. The van der Waals surface area contributed by atoms with E-state index in [1.165, 1.54) is 0 Å². The van der Waals surface area contributed by atoms with Crippen LogP contribution in [0.4, 0.5) is 4.79 Å². The summed E-state index contributed by atoms with van der Waals surface area (Å²) in [4.78, 5) is 16.1. The third kappa shape index (κ3) is 4.49. The van der Waals surface area contributed by atoms with Gasteiger partial charge in [-0.3, -0.25) is 4.90 Å². The Kier molecular flexibility index (Phi) is 5.90. The molecule has 2 aliphatic rings. The van der Waals surface area contributed by atoms with Crippen molar-refractivity contribution in [3.63, 3.8) is 0 Å². The quantitative estimate of drug-likeness (QED) is 0.816. The molecule has 0 aliphatic carbocycles. The van der Waals surface area contributed by atoms with Gasteiger partial charge in [-0.05, 0) is 26.7 Å². The summed E-state index contributed by atoms with van der Waals surface area (Å²) in [7, 11) is 2.05. The topological polar surface area (TPSA) is 72.7 Å². The fraction of sp³-hybridized carbons (Fsp3) is 0.824. The maximum atomic E-state index is 12.0. The molecule has 0 N–H and O–H groups in total. The highest BCUT2D eigenvalue weighted by Crippen LogP contribution is 2.27. The molecule has 0 unspecified atom stereocenters. The van der Waals surface area contributed by atoms with E-state index in [0.717, 1.165) is 57.3 Å². The predicted molar refractivity (Wildman–Crippen MR) is 92.3 cm³/mol. The van der Waals surface area contributed by atoms with Crippen molar-refractivity contribution in [1.82, 2.24) is 24.6 Å². The molecule has 140 valence electrons. The van der Waals surface area contributed by atoms with Crippen LogP contribution in [0.25, 0.3) is 0 Å². The number of ether oxygens (including phenoxy) is 2. The second-order valence-corrected chi connectivity index (χ2v) is 7.12. The van der Waals surface area contributed by atoms with Crippen LogP contribution in [0.2, 0.25) is 0 Å². The van der Waals surface area contributed by atoms with Crippen LogP contribution in [-0.4, -0.2) is 76.2 Å². The van der Waals surface area contributed by atoms with Crippen molar-refractivity contribution in [2.45, 2.75) is 45.3 Å². The average Bonchev–Trinajstić information content (AvgIpc) is 2.96. The first kappa shape index (κ1) is 18.1. The molecule has 8 heteroatoms. The van der Waals surface area contributed by atoms with Crippen molar-refractivity contribution in [2.75, 3.05) is 39.4 Å². The molecule has 0 saturated carbocycles. The maximum absolute atomic E-state index is 12.0. The van der Waals surface area contributed by atoms with Crippen molar-refractivity contribution in [3.05, 3.63) is 11.6 Å². The lowest BCUT2D eigenvalue weighted by Gasteiger charge is -2.31. The van der Waals surface area contributed by atoms with Crippen molar-refractivity contribution >= 4 is 6.09 Å². The van der Waals surface area contributed by atoms with Gasteiger partial charge in [-0.2, -0.15) is 0 Å². The minimum atomic E-state index is -0.209. The lowest BCUT2D eigenvalue weighted by atomic mass is 9.96. The summed E-state index contributed by atoms with van der Waals surface area (Å²) in [5.74, 6) is 2.37. The molecule has 3 heterocycles. The van der Waals surface area contributed by atoms with Crippen molar-refractivity contribution in [2.24, 2.45) is 7.05 Å². The molecular weight excluding hydrogens is 322 g/mol. The predicted octanol–water partition coefficient (Wildman–Crippen LogP) is 1.37. The van der Waals surface area contributed by atoms with E-state index >= 15 is 0 Å². The number of likely N-dealkylation sites (tertiary alicyclic amines) is 1. The number of morpholine rings is 1. The van der Waals surface area contributed by atoms with Gasteiger partial charge in [0, 0.05) is 39.1 Å². The summed E-state index contributed by atoms with van der Waals surface area (Å²) in [5.41, 5.74) is 0. The van der Waals surface area contributed by atoms with Crippen molar-refractivity contribution in [3.8, 4) is 0 Å². The van der Waals surface area contributed by atoms with Gasteiger partial charge in [-0.1, -0.05) is 0 Å². The summed E-state index contributed by atoms with van der Waals surface area (Å²) < 4.78 is 12.8. The Labute approximate surface area is 149 Å². The van der Waals surface area contributed by atoms with E-state index in [1.54, 1.807) is 4.90 Å². The summed E-state index contributed by atoms with van der Waals surface area (Å²) in [6.07, 6.45) is 1.51. The standard InChI is InChI=1S/C17H29N5O3/c1-13(2)25-17(23)22-6-4-14(5-7-22)16-19-18-15(20(16)3)12-21-8-10-24-11-9-21/h13-14H,4-12H2,1-3H3. The summed E-state index contributed by atoms with van der Waals surface area (Å²) in [6, 6.07) is 0. The molecule has 2 saturated heterocycles. The van der Waals surface area contributed by atoms with Gasteiger partial charge < -0.3 is 18.9 Å². The second-order valence-electron chi connectivity index (χ2n) is 7.12. The summed E-state index contributed by atoms with van der Waals surface area (Å²) in [6.45, 7) is 9.44. The third-order valence-electron chi connectivity index (χ3n) is 4.92. The minimum absolute atomic E-state index is 0.0771. The van der Waals surface area contributed by atoms with Crippen molar-refractivity contribution in [1.29, 1.82) is 0 Å². The first-order valence-corrected chi connectivity index (χ1v) is 9.18. The Morgan fingerprint density at radius 1 is 1.20 bits per heavy atom. The molecule has 25 heavy (non-hydrogen) atoms. The summed E-state index contributed by atoms with van der Waals surface area (Å²) >= 11 is 0. The van der Waals surface area contributed by atoms with Crippen LogP contribution >= 0.6 is 0 Å². The van der Waals surface area contributed by atoms with E-state index in [1.807, 2.05) is 20.9 Å². The van der Waals surface area contributed by atoms with Gasteiger partial charge in [0.2, 0.25) is 0 Å². The molecule has 0 atom stereocenters. The molecule has 8 nitrogen and oxygen atoms in total. The van der Waals surface area contributed by atoms with Gasteiger partial charge in [-0.15, -0.1) is 10.2 Å². The first-order valence-electron chi connectivity index (χ1n) is 9.18. The Bertz CT molecular complexity index is 575. The van der Waals surface area contributed by atoms with E-state index in [2.05, 4.69) is 19.7 Å². The molecule has 1 aromatic rings. The second kappa shape index (κ2) is 8.14. The monoisotopic (exact) mass is 351 g/mol. The molecular formula is C17H29N5O3. The highest BCUT2D eigenvalue weighted by Gasteiger charge is 2.28. The number of amides is 1. The molecule has 3 rings (SSSR count). The average molecular weight is 351 g/mol. The van der Waals surface area contributed by atoms with Gasteiger partial charge in [0.05, 0.1) is 25.9 Å². The van der Waals surface area contributed by atoms with Gasteiger partial charge in [0.15, 0.2) is 0 Å². The molecule has 2 fully saturated rings. The molecule has 1 aromatic heterocycles. The normalized spacial score (nSPS) is 20.2. The van der Waals surface area contributed by atoms with Crippen LogP contribution in [0.5, 0.6) is 0 Å². The van der Waals surface area contributed by atoms with E-state index in [9.17, 15) is 4.79 Å². The molecule has 0 spiro atoms. The van der Waals surface area contributed by atoms with Gasteiger partial charge >= 0.3 is 6.09 Å². The van der Waals surface area contributed by atoms with Gasteiger partial charge in [-0.25, -0.2) is 4.79 Å².